The molecule has 1 aromatic carbocycles. The number of carbonyl (C=O) groups is 2. The quantitative estimate of drug-likeness (QED) is 0.754. The monoisotopic (exact) mass is 404 g/mol. The molecule has 1 unspecified atom stereocenters. The van der Waals surface area contributed by atoms with Crippen LogP contribution in [0.2, 0.25) is 0 Å². The lowest BCUT2D eigenvalue weighted by atomic mass is 9.96. The highest BCUT2D eigenvalue weighted by Crippen LogP contribution is 2.19. The lowest BCUT2D eigenvalue weighted by molar-refractivity contribution is -0.0336. The number of benzene rings is 1. The van der Waals surface area contributed by atoms with E-state index in [-0.39, 0.29) is 18.7 Å². The van der Waals surface area contributed by atoms with Gasteiger partial charge in [-0.3, -0.25) is 4.90 Å². The molecule has 1 atom stereocenters. The van der Waals surface area contributed by atoms with Crippen molar-refractivity contribution >= 4 is 12.1 Å². The van der Waals surface area contributed by atoms with E-state index in [0.717, 1.165) is 51.1 Å². The fraction of sp³-hybridized carbons (Fsp3) is 0.619. The number of nitrogens with one attached hydrogen (secondary N) is 2. The van der Waals surface area contributed by atoms with Gasteiger partial charge >= 0.3 is 12.1 Å². The van der Waals surface area contributed by atoms with Crippen LogP contribution < -0.4 is 10.6 Å². The summed E-state index contributed by atoms with van der Waals surface area (Å²) in [5.41, 5.74) is 0.963. The lowest BCUT2D eigenvalue weighted by Crippen LogP contribution is -2.50. The molecule has 2 aliphatic rings. The van der Waals surface area contributed by atoms with Gasteiger partial charge in [0.05, 0.1) is 12.7 Å². The Kier molecular flexibility index (Phi) is 8.13. The molecule has 8 heteroatoms. The third-order valence-electron chi connectivity index (χ3n) is 5.54. The van der Waals surface area contributed by atoms with Gasteiger partial charge in [-0.15, -0.1) is 0 Å². The van der Waals surface area contributed by atoms with Crippen LogP contribution in [0.3, 0.4) is 0 Å². The molecule has 2 saturated heterocycles. The smallest absolute Gasteiger partial charge is 0.407 e. The first-order valence-corrected chi connectivity index (χ1v) is 10.4. The summed E-state index contributed by atoms with van der Waals surface area (Å²) in [6.45, 7) is 5.72. The zero-order valence-electron chi connectivity index (χ0n) is 17.1. The standard InChI is InChI=1S/C21H32N4O4/c1-22-20(26)25-9-7-17(8-10-25)14-24-11-12-28-19(15-24)13-23-21(27)29-16-18-5-3-2-4-6-18/h2-6,17,19H,7-16H2,1H3,(H,22,26)(H,23,27). The van der Waals surface area contributed by atoms with Gasteiger partial charge in [0.15, 0.2) is 0 Å². The molecule has 2 fully saturated rings. The molecule has 160 valence electrons. The number of morpholine rings is 1. The van der Waals surface area contributed by atoms with Crippen LogP contribution in [0, 0.1) is 5.92 Å². The summed E-state index contributed by atoms with van der Waals surface area (Å²) in [4.78, 5) is 27.9. The Hall–Kier alpha value is -2.32. The van der Waals surface area contributed by atoms with Crippen molar-refractivity contribution in [3.8, 4) is 0 Å². The zero-order chi connectivity index (χ0) is 20.5. The molecule has 0 radical (unpaired) electrons. The van der Waals surface area contributed by atoms with Crippen LogP contribution in [0.25, 0.3) is 0 Å². The number of carbonyl (C=O) groups excluding carboxylic acids is 2. The highest BCUT2D eigenvalue weighted by atomic mass is 16.5. The number of hydrogen-bond acceptors (Lipinski definition) is 5. The fourth-order valence-corrected chi connectivity index (χ4v) is 3.88. The Morgan fingerprint density at radius 3 is 2.66 bits per heavy atom. The molecular weight excluding hydrogens is 372 g/mol. The Morgan fingerprint density at radius 2 is 1.93 bits per heavy atom. The van der Waals surface area contributed by atoms with E-state index in [9.17, 15) is 9.59 Å². The number of ether oxygens (including phenoxy) is 2. The summed E-state index contributed by atoms with van der Waals surface area (Å²) in [7, 11) is 1.67. The molecule has 0 spiro atoms. The van der Waals surface area contributed by atoms with Gasteiger partial charge in [0, 0.05) is 46.3 Å². The second-order valence-electron chi connectivity index (χ2n) is 7.68. The van der Waals surface area contributed by atoms with Gasteiger partial charge in [-0.1, -0.05) is 30.3 Å². The summed E-state index contributed by atoms with van der Waals surface area (Å²) < 4.78 is 11.1. The fourth-order valence-electron chi connectivity index (χ4n) is 3.88. The van der Waals surface area contributed by atoms with Gasteiger partial charge in [-0.25, -0.2) is 9.59 Å². The molecule has 8 nitrogen and oxygen atoms in total. The maximum absolute atomic E-state index is 11.9. The predicted molar refractivity (Wildman–Crippen MR) is 110 cm³/mol. The second kappa shape index (κ2) is 11.0. The van der Waals surface area contributed by atoms with Gasteiger partial charge in [0.25, 0.3) is 0 Å². The SMILES string of the molecule is CNC(=O)N1CCC(CN2CCOC(CNC(=O)OCc3ccccc3)C2)CC1. The van der Waals surface area contributed by atoms with Crippen LogP contribution in [0.15, 0.2) is 30.3 Å². The van der Waals surface area contributed by atoms with Crippen LogP contribution in [0.4, 0.5) is 9.59 Å². The van der Waals surface area contributed by atoms with Crippen LogP contribution in [-0.4, -0.2) is 81.0 Å². The molecule has 0 aromatic heterocycles. The van der Waals surface area contributed by atoms with E-state index in [0.29, 0.717) is 19.1 Å². The molecule has 0 bridgehead atoms. The molecule has 3 amide bonds. The van der Waals surface area contributed by atoms with Crippen LogP contribution in [0.1, 0.15) is 18.4 Å². The molecule has 29 heavy (non-hydrogen) atoms. The molecule has 2 N–H and O–H groups in total. The van der Waals surface area contributed by atoms with Crippen LogP contribution >= 0.6 is 0 Å². The van der Waals surface area contributed by atoms with Gasteiger partial charge < -0.3 is 25.0 Å². The van der Waals surface area contributed by atoms with E-state index in [1.807, 2.05) is 35.2 Å². The number of alkyl carbamates (subject to hydrolysis) is 1. The van der Waals surface area contributed by atoms with E-state index < -0.39 is 6.09 Å². The summed E-state index contributed by atoms with van der Waals surface area (Å²) in [6.07, 6.45) is 1.61. The average Bonchev–Trinajstić information content (AvgIpc) is 2.77. The largest absolute Gasteiger partial charge is 0.445 e. The topological polar surface area (TPSA) is 83.1 Å². The van der Waals surface area contributed by atoms with Crippen molar-refractivity contribution in [1.29, 1.82) is 0 Å². The maximum atomic E-state index is 11.9. The van der Waals surface area contributed by atoms with Crippen molar-refractivity contribution in [2.75, 3.05) is 52.9 Å². The number of amides is 3. The molecule has 0 aliphatic carbocycles. The first-order valence-electron chi connectivity index (χ1n) is 10.4. The molecule has 2 heterocycles. The molecule has 1 aromatic rings. The van der Waals surface area contributed by atoms with Crippen molar-refractivity contribution in [3.63, 3.8) is 0 Å². The second-order valence-corrected chi connectivity index (χ2v) is 7.68. The summed E-state index contributed by atoms with van der Waals surface area (Å²) >= 11 is 0. The Morgan fingerprint density at radius 1 is 1.17 bits per heavy atom. The Bertz CT molecular complexity index is 649. The third kappa shape index (κ3) is 6.90. The number of hydrogen-bond donors (Lipinski definition) is 2. The number of likely N-dealkylation sites (tertiary alicyclic amines) is 1. The van der Waals surface area contributed by atoms with E-state index in [2.05, 4.69) is 15.5 Å². The van der Waals surface area contributed by atoms with Crippen molar-refractivity contribution < 1.29 is 19.1 Å². The average molecular weight is 405 g/mol. The van der Waals surface area contributed by atoms with Crippen molar-refractivity contribution in [3.05, 3.63) is 35.9 Å². The molecule has 2 aliphatic heterocycles. The van der Waals surface area contributed by atoms with Gasteiger partial charge in [-0.2, -0.15) is 0 Å². The number of nitrogens with zero attached hydrogens (tertiary/aromatic N) is 2. The summed E-state index contributed by atoms with van der Waals surface area (Å²) in [6, 6.07) is 9.64. The van der Waals surface area contributed by atoms with Crippen LogP contribution in [-0.2, 0) is 16.1 Å². The molecule has 3 rings (SSSR count). The molecular formula is C21H32N4O4. The zero-order valence-corrected chi connectivity index (χ0v) is 17.1. The first-order chi connectivity index (χ1) is 14.1. The van der Waals surface area contributed by atoms with Crippen molar-refractivity contribution in [2.24, 2.45) is 5.92 Å². The first kappa shape index (κ1) is 21.4. The van der Waals surface area contributed by atoms with E-state index in [1.165, 1.54) is 0 Å². The van der Waals surface area contributed by atoms with Gasteiger partial charge in [0.1, 0.15) is 6.61 Å². The predicted octanol–water partition coefficient (Wildman–Crippen LogP) is 1.67. The Balaban J connectivity index is 1.33. The summed E-state index contributed by atoms with van der Waals surface area (Å²) in [5.74, 6) is 0.596. The minimum absolute atomic E-state index is 0.0140. The van der Waals surface area contributed by atoms with Crippen molar-refractivity contribution in [2.45, 2.75) is 25.6 Å². The number of urea groups is 1. The minimum Gasteiger partial charge on any atom is -0.445 e. The van der Waals surface area contributed by atoms with E-state index in [4.69, 9.17) is 9.47 Å². The summed E-state index contributed by atoms with van der Waals surface area (Å²) in [5, 5.41) is 5.50. The Labute approximate surface area is 172 Å². The minimum atomic E-state index is -0.420. The van der Waals surface area contributed by atoms with Crippen LogP contribution in [0.5, 0.6) is 0 Å². The van der Waals surface area contributed by atoms with E-state index >= 15 is 0 Å². The van der Waals surface area contributed by atoms with Crippen molar-refractivity contribution in [1.82, 2.24) is 20.4 Å². The highest BCUT2D eigenvalue weighted by Gasteiger charge is 2.27. The lowest BCUT2D eigenvalue weighted by Gasteiger charge is -2.38. The number of rotatable bonds is 6. The third-order valence-corrected chi connectivity index (χ3v) is 5.54. The maximum Gasteiger partial charge on any atom is 0.407 e. The van der Waals surface area contributed by atoms with Gasteiger partial charge in [-0.05, 0) is 24.3 Å². The highest BCUT2D eigenvalue weighted by molar-refractivity contribution is 5.73. The van der Waals surface area contributed by atoms with E-state index in [1.54, 1.807) is 7.05 Å². The molecule has 0 saturated carbocycles. The van der Waals surface area contributed by atoms with Gasteiger partial charge in [0.2, 0.25) is 0 Å². The number of piperidine rings is 1. The normalized spacial score (nSPS) is 20.9.